The van der Waals surface area contributed by atoms with Gasteiger partial charge in [0.2, 0.25) is 11.6 Å². The number of anilines is 6. The topological polar surface area (TPSA) is 81.1 Å². The average molecular weight is 627 g/mol. The van der Waals surface area contributed by atoms with E-state index in [2.05, 4.69) is 9.80 Å². The molecular formula is C42H30N2O4. The van der Waals surface area contributed by atoms with Crippen molar-refractivity contribution >= 4 is 56.8 Å². The second-order valence-electron chi connectivity index (χ2n) is 11.2. The van der Waals surface area contributed by atoms with Crippen LogP contribution in [0.3, 0.4) is 0 Å². The predicted molar refractivity (Wildman–Crippen MR) is 191 cm³/mol. The molecule has 0 atom stereocenters. The molecule has 0 saturated carbocycles. The van der Waals surface area contributed by atoms with Crippen LogP contribution in [0.4, 0.5) is 34.1 Å². The summed E-state index contributed by atoms with van der Waals surface area (Å²) in [6, 6.07) is 53.3. The second kappa shape index (κ2) is 13.0. The monoisotopic (exact) mass is 626 g/mol. The Hall–Kier alpha value is -6.66. The number of benzene rings is 6. The van der Waals surface area contributed by atoms with Crippen molar-refractivity contribution in [3.63, 3.8) is 0 Å². The average Bonchev–Trinajstić information content (AvgIpc) is 3.14. The molecule has 1 aliphatic rings. The Balaban J connectivity index is 1.19. The van der Waals surface area contributed by atoms with Gasteiger partial charge >= 0.3 is 0 Å². The first kappa shape index (κ1) is 30.0. The summed E-state index contributed by atoms with van der Waals surface area (Å²) in [6.45, 7) is 0. The van der Waals surface area contributed by atoms with Crippen LogP contribution < -0.4 is 9.80 Å². The lowest BCUT2D eigenvalue weighted by atomic mass is 9.86. The van der Waals surface area contributed by atoms with Crippen LogP contribution in [0.2, 0.25) is 0 Å². The van der Waals surface area contributed by atoms with Crippen LogP contribution in [0.5, 0.6) is 0 Å². The minimum Gasteiger partial charge on any atom is -0.504 e. The molecule has 6 heteroatoms. The van der Waals surface area contributed by atoms with Gasteiger partial charge in [-0.15, -0.1) is 0 Å². The number of hydrogen-bond donors (Lipinski definition) is 2. The SMILES string of the molecule is O=C1C(O)=C(c2ccc(N(c3ccccc3)c3ccccc3)cc2)C(=O)C(O)=C1c1ccc(N(c2ccccc2)c2ccccc2)cc1. The third kappa shape index (κ3) is 5.63. The molecule has 0 fully saturated rings. The number of allylic oxidation sites excluding steroid dienone is 2. The highest BCUT2D eigenvalue weighted by atomic mass is 16.3. The zero-order valence-electron chi connectivity index (χ0n) is 25.8. The van der Waals surface area contributed by atoms with Gasteiger partial charge < -0.3 is 20.0 Å². The summed E-state index contributed by atoms with van der Waals surface area (Å²) >= 11 is 0. The van der Waals surface area contributed by atoms with E-state index in [1.807, 2.05) is 146 Å². The number of ketones is 2. The first-order valence-corrected chi connectivity index (χ1v) is 15.5. The molecule has 0 spiro atoms. The van der Waals surface area contributed by atoms with E-state index in [9.17, 15) is 19.8 Å². The number of aliphatic hydroxyl groups is 2. The van der Waals surface area contributed by atoms with Crippen molar-refractivity contribution in [2.24, 2.45) is 0 Å². The summed E-state index contributed by atoms with van der Waals surface area (Å²) in [5.41, 5.74) is 5.53. The van der Waals surface area contributed by atoms with Crippen LogP contribution in [0.1, 0.15) is 11.1 Å². The fourth-order valence-corrected chi connectivity index (χ4v) is 5.97. The van der Waals surface area contributed by atoms with Crippen molar-refractivity contribution in [3.8, 4) is 0 Å². The van der Waals surface area contributed by atoms with Gasteiger partial charge in [-0.25, -0.2) is 0 Å². The molecule has 0 aliphatic heterocycles. The molecule has 0 heterocycles. The Kier molecular flexibility index (Phi) is 8.12. The third-order valence-electron chi connectivity index (χ3n) is 8.24. The summed E-state index contributed by atoms with van der Waals surface area (Å²) in [5, 5.41) is 22.3. The minimum atomic E-state index is -0.822. The van der Waals surface area contributed by atoms with Crippen LogP contribution in [0.25, 0.3) is 11.1 Å². The van der Waals surface area contributed by atoms with Crippen LogP contribution in [-0.2, 0) is 9.59 Å². The van der Waals surface area contributed by atoms with Gasteiger partial charge in [0.05, 0.1) is 11.1 Å². The Morgan fingerprint density at radius 3 is 0.792 bits per heavy atom. The van der Waals surface area contributed by atoms with E-state index in [4.69, 9.17) is 0 Å². The molecule has 6 nitrogen and oxygen atoms in total. The van der Waals surface area contributed by atoms with Gasteiger partial charge in [0, 0.05) is 34.1 Å². The van der Waals surface area contributed by atoms with Gasteiger partial charge in [-0.3, -0.25) is 9.59 Å². The van der Waals surface area contributed by atoms with Gasteiger partial charge in [-0.1, -0.05) is 97.1 Å². The van der Waals surface area contributed by atoms with Crippen molar-refractivity contribution in [2.45, 2.75) is 0 Å². The number of nitrogens with zero attached hydrogens (tertiary/aromatic N) is 2. The maximum Gasteiger partial charge on any atom is 0.232 e. The Morgan fingerprint density at radius 2 is 0.542 bits per heavy atom. The standard InChI is InChI=1S/C42H30N2O4/c45-39-37(29-21-25-35(26-22-29)43(31-13-5-1-6-14-31)32-15-7-2-8-16-32)40(46)42(48)38(41(39)47)30-23-27-36(28-24-30)44(33-17-9-3-10-18-33)34-19-11-4-12-20-34/h1-28,45,48H. The summed E-state index contributed by atoms with van der Waals surface area (Å²) in [7, 11) is 0. The molecule has 232 valence electrons. The molecule has 7 rings (SSSR count). The van der Waals surface area contributed by atoms with Crippen LogP contribution >= 0.6 is 0 Å². The van der Waals surface area contributed by atoms with Gasteiger partial charge in [-0.2, -0.15) is 0 Å². The van der Waals surface area contributed by atoms with Gasteiger partial charge in [-0.05, 0) is 83.9 Å². The van der Waals surface area contributed by atoms with Gasteiger partial charge in [0.25, 0.3) is 0 Å². The molecule has 0 saturated heterocycles. The van der Waals surface area contributed by atoms with E-state index in [0.29, 0.717) is 11.1 Å². The van der Waals surface area contributed by atoms with E-state index in [0.717, 1.165) is 34.1 Å². The third-order valence-corrected chi connectivity index (χ3v) is 8.24. The van der Waals surface area contributed by atoms with E-state index >= 15 is 0 Å². The molecule has 48 heavy (non-hydrogen) atoms. The van der Waals surface area contributed by atoms with Crippen molar-refractivity contribution in [1.82, 2.24) is 0 Å². The highest BCUT2D eigenvalue weighted by Crippen LogP contribution is 2.39. The normalized spacial score (nSPS) is 13.1. The first-order valence-electron chi connectivity index (χ1n) is 15.5. The van der Waals surface area contributed by atoms with Crippen molar-refractivity contribution in [2.75, 3.05) is 9.80 Å². The molecule has 0 bridgehead atoms. The summed E-state index contributed by atoms with van der Waals surface area (Å²) < 4.78 is 0. The number of hydrogen-bond acceptors (Lipinski definition) is 6. The fraction of sp³-hybridized carbons (Fsp3) is 0. The number of carbonyl (C=O) groups is 2. The maximum atomic E-state index is 13.6. The van der Waals surface area contributed by atoms with E-state index in [1.54, 1.807) is 24.3 Å². The smallest absolute Gasteiger partial charge is 0.232 e. The minimum absolute atomic E-state index is 0.241. The van der Waals surface area contributed by atoms with Crippen molar-refractivity contribution in [1.29, 1.82) is 0 Å². The lowest BCUT2D eigenvalue weighted by Crippen LogP contribution is -2.23. The molecule has 6 aromatic rings. The van der Waals surface area contributed by atoms with E-state index < -0.39 is 23.1 Å². The maximum absolute atomic E-state index is 13.6. The number of Topliss-reactive ketones (excluding diaryl/α,β-unsaturated/α-hetero) is 2. The first-order chi connectivity index (χ1) is 23.5. The summed E-state index contributed by atoms with van der Waals surface area (Å²) in [6.07, 6.45) is 0. The number of carbonyl (C=O) groups excluding carboxylic acids is 2. The highest BCUT2D eigenvalue weighted by molar-refractivity contribution is 6.46. The number of rotatable bonds is 8. The zero-order valence-corrected chi connectivity index (χ0v) is 25.8. The lowest BCUT2D eigenvalue weighted by molar-refractivity contribution is -0.116. The molecular weight excluding hydrogens is 596 g/mol. The van der Waals surface area contributed by atoms with Crippen LogP contribution in [-0.4, -0.2) is 21.8 Å². The largest absolute Gasteiger partial charge is 0.504 e. The summed E-state index contributed by atoms with van der Waals surface area (Å²) in [5.74, 6) is -3.06. The predicted octanol–water partition coefficient (Wildman–Crippen LogP) is 10.0. The van der Waals surface area contributed by atoms with E-state index in [-0.39, 0.29) is 11.1 Å². The van der Waals surface area contributed by atoms with Crippen molar-refractivity contribution < 1.29 is 19.8 Å². The zero-order chi connectivity index (χ0) is 33.0. The quantitative estimate of drug-likeness (QED) is 0.164. The van der Waals surface area contributed by atoms with Crippen LogP contribution in [0.15, 0.2) is 181 Å². The van der Waals surface area contributed by atoms with Crippen molar-refractivity contribution in [3.05, 3.63) is 193 Å². The second-order valence-corrected chi connectivity index (χ2v) is 11.2. The Morgan fingerprint density at radius 1 is 0.312 bits per heavy atom. The number of para-hydroxylation sites is 4. The Bertz CT molecular complexity index is 1910. The number of aliphatic hydroxyl groups excluding tert-OH is 2. The van der Waals surface area contributed by atoms with Gasteiger partial charge in [0.1, 0.15) is 0 Å². The van der Waals surface area contributed by atoms with Gasteiger partial charge in [0.15, 0.2) is 11.5 Å². The molecule has 2 N–H and O–H groups in total. The molecule has 1 aliphatic carbocycles. The van der Waals surface area contributed by atoms with E-state index in [1.165, 1.54) is 0 Å². The molecule has 0 aromatic heterocycles. The molecule has 0 radical (unpaired) electrons. The fourth-order valence-electron chi connectivity index (χ4n) is 5.97. The van der Waals surface area contributed by atoms with Crippen LogP contribution in [0, 0.1) is 0 Å². The highest BCUT2D eigenvalue weighted by Gasteiger charge is 2.36. The summed E-state index contributed by atoms with van der Waals surface area (Å²) in [4.78, 5) is 31.3. The lowest BCUT2D eigenvalue weighted by Gasteiger charge is -2.26. The molecule has 6 aromatic carbocycles. The molecule has 0 amide bonds. The Labute approximate surface area is 278 Å². The molecule has 0 unspecified atom stereocenters.